The molecule has 144 valence electrons. The van der Waals surface area contributed by atoms with Crippen molar-refractivity contribution < 1.29 is 18.3 Å². The number of benzene rings is 1. The summed E-state index contributed by atoms with van der Waals surface area (Å²) in [6, 6.07) is 12.4. The molecule has 3 aromatic rings. The van der Waals surface area contributed by atoms with Gasteiger partial charge in [0.25, 0.3) is 5.91 Å². The third kappa shape index (κ3) is 4.68. The third-order valence-electron chi connectivity index (χ3n) is 4.03. The van der Waals surface area contributed by atoms with Gasteiger partial charge in [-0.2, -0.15) is 0 Å². The highest BCUT2D eigenvalue weighted by molar-refractivity contribution is 6.07. The van der Waals surface area contributed by atoms with Gasteiger partial charge in [0.2, 0.25) is 0 Å². The van der Waals surface area contributed by atoms with E-state index in [1.807, 2.05) is 6.92 Å². The minimum Gasteiger partial charge on any atom is -0.494 e. The van der Waals surface area contributed by atoms with Crippen LogP contribution in [0, 0.1) is 11.6 Å². The smallest absolute Gasteiger partial charge is 0.261 e. The zero-order valence-electron chi connectivity index (χ0n) is 15.3. The fraction of sp³-hybridized carbons (Fsp3) is 0.190. The van der Waals surface area contributed by atoms with Gasteiger partial charge in [0.15, 0.2) is 0 Å². The number of pyridine rings is 2. The van der Waals surface area contributed by atoms with Gasteiger partial charge < -0.3 is 4.74 Å². The van der Waals surface area contributed by atoms with Gasteiger partial charge in [0, 0.05) is 25.2 Å². The number of fused-ring (bicyclic) bond motifs is 1. The van der Waals surface area contributed by atoms with E-state index in [0.29, 0.717) is 36.7 Å². The maximum atomic E-state index is 12.8. The first-order valence-corrected chi connectivity index (χ1v) is 8.84. The summed E-state index contributed by atoms with van der Waals surface area (Å²) in [4.78, 5) is 21.9. The number of hydrogen-bond acceptors (Lipinski definition) is 4. The monoisotopic (exact) mass is 383 g/mol. The summed E-state index contributed by atoms with van der Waals surface area (Å²) >= 11 is 0. The molecule has 0 unspecified atom stereocenters. The molecule has 1 amide bonds. The first kappa shape index (κ1) is 19.4. The zero-order chi connectivity index (χ0) is 19.9. The molecule has 28 heavy (non-hydrogen) atoms. The Hall–Kier alpha value is -3.35. The van der Waals surface area contributed by atoms with Crippen LogP contribution in [0.3, 0.4) is 0 Å². The topological polar surface area (TPSA) is 55.3 Å². The maximum Gasteiger partial charge on any atom is 0.261 e. The molecule has 0 N–H and O–H groups in total. The fourth-order valence-corrected chi connectivity index (χ4v) is 2.77. The molecule has 1 aliphatic heterocycles. The van der Waals surface area contributed by atoms with Crippen LogP contribution >= 0.6 is 0 Å². The van der Waals surface area contributed by atoms with Crippen LogP contribution in [0.15, 0.2) is 60.9 Å². The van der Waals surface area contributed by atoms with Crippen molar-refractivity contribution in [3.63, 3.8) is 0 Å². The molecule has 5 nitrogen and oxygen atoms in total. The Morgan fingerprint density at radius 1 is 1.07 bits per heavy atom. The fourth-order valence-electron chi connectivity index (χ4n) is 2.77. The molecular weight excluding hydrogens is 364 g/mol. The van der Waals surface area contributed by atoms with E-state index in [1.165, 1.54) is 24.3 Å². The minimum absolute atomic E-state index is 0.136. The van der Waals surface area contributed by atoms with Crippen LogP contribution in [0.25, 0.3) is 0 Å². The molecule has 4 rings (SSSR count). The predicted molar refractivity (Wildman–Crippen MR) is 101 cm³/mol. The SMILES string of the molecule is CCOc1cccc(F)c1.O=C1c2cccnc2CCN1c1ccc(F)cn1. The molecule has 0 saturated carbocycles. The molecule has 1 aromatic carbocycles. The standard InChI is InChI=1S/C13H10FN3O.C8H9FO/c14-9-3-4-12(16-8-9)17-7-5-11-10(13(17)18)2-1-6-15-11;1-2-10-8-5-3-4-7(9)6-8/h1-4,6,8H,5,7H2;3-6H,2H2,1H3. The second-order valence-corrected chi connectivity index (χ2v) is 5.93. The zero-order valence-corrected chi connectivity index (χ0v) is 15.3. The van der Waals surface area contributed by atoms with Crippen LogP contribution < -0.4 is 9.64 Å². The van der Waals surface area contributed by atoms with Gasteiger partial charge in [0.05, 0.1) is 24.1 Å². The summed E-state index contributed by atoms with van der Waals surface area (Å²) in [5.41, 5.74) is 1.40. The van der Waals surface area contributed by atoms with Crippen LogP contribution in [0.5, 0.6) is 5.75 Å². The number of aromatic nitrogens is 2. The maximum absolute atomic E-state index is 12.8. The molecular formula is C21H19F2N3O2. The van der Waals surface area contributed by atoms with E-state index in [2.05, 4.69) is 9.97 Å². The van der Waals surface area contributed by atoms with Crippen molar-refractivity contribution in [2.75, 3.05) is 18.1 Å². The van der Waals surface area contributed by atoms with E-state index in [4.69, 9.17) is 4.74 Å². The molecule has 0 atom stereocenters. The van der Waals surface area contributed by atoms with Crippen LogP contribution in [0.4, 0.5) is 14.6 Å². The van der Waals surface area contributed by atoms with E-state index in [1.54, 1.807) is 35.4 Å². The highest BCUT2D eigenvalue weighted by Crippen LogP contribution is 2.21. The first-order valence-electron chi connectivity index (χ1n) is 8.84. The molecule has 7 heteroatoms. The number of amides is 1. The Labute approximate surface area is 161 Å². The average Bonchev–Trinajstić information content (AvgIpc) is 2.70. The number of nitrogens with zero attached hydrogens (tertiary/aromatic N) is 3. The predicted octanol–water partition coefficient (Wildman–Crippen LogP) is 4.04. The highest BCUT2D eigenvalue weighted by atomic mass is 19.1. The van der Waals surface area contributed by atoms with E-state index in [9.17, 15) is 13.6 Å². The van der Waals surface area contributed by atoms with Crippen molar-refractivity contribution >= 4 is 11.7 Å². The van der Waals surface area contributed by atoms with Crippen LogP contribution in [0.2, 0.25) is 0 Å². The van der Waals surface area contributed by atoms with Gasteiger partial charge in [-0.3, -0.25) is 14.7 Å². The quantitative estimate of drug-likeness (QED) is 0.685. The summed E-state index contributed by atoms with van der Waals surface area (Å²) in [7, 11) is 0. The second-order valence-electron chi connectivity index (χ2n) is 5.93. The van der Waals surface area contributed by atoms with Gasteiger partial charge in [-0.15, -0.1) is 0 Å². The van der Waals surface area contributed by atoms with Crippen LogP contribution in [-0.4, -0.2) is 29.0 Å². The summed E-state index contributed by atoms with van der Waals surface area (Å²) in [6.45, 7) is 2.95. The molecule has 0 bridgehead atoms. The molecule has 2 aromatic heterocycles. The van der Waals surface area contributed by atoms with E-state index in [-0.39, 0.29) is 11.7 Å². The average molecular weight is 383 g/mol. The molecule has 0 fully saturated rings. The highest BCUT2D eigenvalue weighted by Gasteiger charge is 2.26. The molecule has 0 radical (unpaired) electrons. The summed E-state index contributed by atoms with van der Waals surface area (Å²) in [6.07, 6.45) is 3.47. The number of ether oxygens (including phenoxy) is 1. The van der Waals surface area contributed by atoms with Crippen molar-refractivity contribution in [1.29, 1.82) is 0 Å². The normalized spacial score (nSPS) is 12.7. The Morgan fingerprint density at radius 2 is 1.93 bits per heavy atom. The van der Waals surface area contributed by atoms with Crippen molar-refractivity contribution in [2.24, 2.45) is 0 Å². The van der Waals surface area contributed by atoms with E-state index < -0.39 is 5.82 Å². The number of hydrogen-bond donors (Lipinski definition) is 0. The Morgan fingerprint density at radius 3 is 2.64 bits per heavy atom. The van der Waals surface area contributed by atoms with Gasteiger partial charge in [-0.1, -0.05) is 6.07 Å². The number of carbonyl (C=O) groups is 1. The van der Waals surface area contributed by atoms with Crippen molar-refractivity contribution in [2.45, 2.75) is 13.3 Å². The Kier molecular flexibility index (Phi) is 6.26. The van der Waals surface area contributed by atoms with Crippen LogP contribution in [-0.2, 0) is 6.42 Å². The molecule has 1 aliphatic rings. The van der Waals surface area contributed by atoms with E-state index in [0.717, 1.165) is 11.9 Å². The Balaban J connectivity index is 0.000000192. The lowest BCUT2D eigenvalue weighted by Crippen LogP contribution is -2.38. The third-order valence-corrected chi connectivity index (χ3v) is 4.03. The number of halogens is 2. The van der Waals surface area contributed by atoms with Crippen molar-refractivity contribution in [3.05, 3.63) is 83.8 Å². The van der Waals surface area contributed by atoms with Crippen LogP contribution in [0.1, 0.15) is 23.0 Å². The summed E-state index contributed by atoms with van der Waals surface area (Å²) in [5.74, 6) is 0.248. The molecule has 0 spiro atoms. The number of carbonyl (C=O) groups excluding carboxylic acids is 1. The Bertz CT molecular complexity index is 948. The second kappa shape index (κ2) is 9.03. The van der Waals surface area contributed by atoms with Crippen molar-refractivity contribution in [1.82, 2.24) is 9.97 Å². The lowest BCUT2D eigenvalue weighted by atomic mass is 10.1. The molecule has 0 aliphatic carbocycles. The first-order chi connectivity index (χ1) is 13.6. The minimum atomic E-state index is -0.412. The lowest BCUT2D eigenvalue weighted by molar-refractivity contribution is 0.0979. The number of rotatable bonds is 3. The largest absolute Gasteiger partial charge is 0.494 e. The van der Waals surface area contributed by atoms with Crippen molar-refractivity contribution in [3.8, 4) is 5.75 Å². The number of anilines is 1. The van der Waals surface area contributed by atoms with Gasteiger partial charge in [-0.25, -0.2) is 13.8 Å². The van der Waals surface area contributed by atoms with E-state index >= 15 is 0 Å². The lowest BCUT2D eigenvalue weighted by Gasteiger charge is -2.26. The van der Waals surface area contributed by atoms with Gasteiger partial charge >= 0.3 is 0 Å². The van der Waals surface area contributed by atoms with Gasteiger partial charge in [-0.05, 0) is 43.3 Å². The molecule has 0 saturated heterocycles. The summed E-state index contributed by atoms with van der Waals surface area (Å²) in [5, 5.41) is 0. The molecule has 3 heterocycles. The van der Waals surface area contributed by atoms with Gasteiger partial charge in [0.1, 0.15) is 23.2 Å². The summed E-state index contributed by atoms with van der Waals surface area (Å²) < 4.78 is 30.3.